The van der Waals surface area contributed by atoms with Crippen molar-refractivity contribution in [1.82, 2.24) is 5.32 Å². The van der Waals surface area contributed by atoms with Gasteiger partial charge in [-0.25, -0.2) is 0 Å². The van der Waals surface area contributed by atoms with Crippen molar-refractivity contribution < 1.29 is 4.74 Å². The van der Waals surface area contributed by atoms with Gasteiger partial charge in [0.1, 0.15) is 11.9 Å². The number of ether oxygens (including phenoxy) is 1. The van der Waals surface area contributed by atoms with Gasteiger partial charge in [0.25, 0.3) is 0 Å². The largest absolute Gasteiger partial charge is 0.488 e. The summed E-state index contributed by atoms with van der Waals surface area (Å²) in [5.41, 5.74) is 2.59. The van der Waals surface area contributed by atoms with Crippen LogP contribution in [-0.4, -0.2) is 12.6 Å². The smallest absolute Gasteiger partial charge is 0.123 e. The summed E-state index contributed by atoms with van der Waals surface area (Å²) in [4.78, 5) is 0. The van der Waals surface area contributed by atoms with Crippen LogP contribution in [-0.2, 0) is 6.42 Å². The van der Waals surface area contributed by atoms with E-state index < -0.39 is 0 Å². The van der Waals surface area contributed by atoms with Gasteiger partial charge in [0.15, 0.2) is 0 Å². The zero-order valence-electron chi connectivity index (χ0n) is 12.2. The predicted molar refractivity (Wildman–Crippen MR) is 89.7 cm³/mol. The first-order chi connectivity index (χ1) is 10.3. The molecule has 0 bridgehead atoms. The highest BCUT2D eigenvalue weighted by molar-refractivity contribution is 9.10. The van der Waals surface area contributed by atoms with E-state index in [9.17, 15) is 0 Å². The van der Waals surface area contributed by atoms with Gasteiger partial charge in [-0.3, -0.25) is 0 Å². The summed E-state index contributed by atoms with van der Waals surface area (Å²) in [5, 5.41) is 3.64. The van der Waals surface area contributed by atoms with E-state index in [1.807, 2.05) is 6.07 Å². The third-order valence-corrected chi connectivity index (χ3v) is 4.42. The SMILES string of the molecule is CCCNC(c1ccc(Br)cc1)C1Cc2ccccc2O1. The molecule has 1 heterocycles. The molecule has 21 heavy (non-hydrogen) atoms. The lowest BCUT2D eigenvalue weighted by Crippen LogP contribution is -2.35. The number of para-hydroxylation sites is 1. The Morgan fingerprint density at radius 3 is 2.67 bits per heavy atom. The number of fused-ring (bicyclic) bond motifs is 1. The summed E-state index contributed by atoms with van der Waals surface area (Å²) < 4.78 is 7.28. The van der Waals surface area contributed by atoms with E-state index in [0.29, 0.717) is 0 Å². The average molecular weight is 346 g/mol. The van der Waals surface area contributed by atoms with Crippen LogP contribution in [0.1, 0.15) is 30.5 Å². The maximum absolute atomic E-state index is 6.18. The molecule has 0 amide bonds. The van der Waals surface area contributed by atoms with Gasteiger partial charge in [0.2, 0.25) is 0 Å². The Morgan fingerprint density at radius 1 is 1.19 bits per heavy atom. The number of halogens is 1. The molecule has 2 aromatic rings. The first-order valence-electron chi connectivity index (χ1n) is 7.51. The van der Waals surface area contributed by atoms with Crippen molar-refractivity contribution in [3.05, 3.63) is 64.1 Å². The molecule has 1 aliphatic rings. The average Bonchev–Trinajstić information content (AvgIpc) is 2.93. The summed E-state index contributed by atoms with van der Waals surface area (Å²) in [6, 6.07) is 17.1. The second-order valence-corrected chi connectivity index (χ2v) is 6.37. The highest BCUT2D eigenvalue weighted by atomic mass is 79.9. The summed E-state index contributed by atoms with van der Waals surface area (Å²) in [6.07, 6.45) is 2.25. The van der Waals surface area contributed by atoms with Crippen molar-refractivity contribution >= 4 is 15.9 Å². The van der Waals surface area contributed by atoms with Crippen molar-refractivity contribution in [2.45, 2.75) is 31.9 Å². The Balaban J connectivity index is 1.82. The van der Waals surface area contributed by atoms with E-state index in [1.54, 1.807) is 0 Å². The van der Waals surface area contributed by atoms with Crippen LogP contribution in [0.4, 0.5) is 0 Å². The van der Waals surface area contributed by atoms with Crippen LogP contribution in [0.25, 0.3) is 0 Å². The molecule has 3 heteroatoms. The maximum Gasteiger partial charge on any atom is 0.123 e. The maximum atomic E-state index is 6.18. The quantitative estimate of drug-likeness (QED) is 0.861. The summed E-state index contributed by atoms with van der Waals surface area (Å²) in [5.74, 6) is 1.03. The molecule has 0 saturated carbocycles. The molecule has 0 spiro atoms. The predicted octanol–water partition coefficient (Wildman–Crippen LogP) is 4.49. The zero-order chi connectivity index (χ0) is 14.7. The molecular formula is C18H20BrNO. The first-order valence-corrected chi connectivity index (χ1v) is 8.30. The molecule has 0 fully saturated rings. The number of hydrogen-bond donors (Lipinski definition) is 1. The zero-order valence-corrected chi connectivity index (χ0v) is 13.8. The van der Waals surface area contributed by atoms with E-state index in [0.717, 1.165) is 29.6 Å². The summed E-state index contributed by atoms with van der Waals surface area (Å²) >= 11 is 3.50. The first kappa shape index (κ1) is 14.6. The molecule has 110 valence electrons. The number of benzene rings is 2. The third kappa shape index (κ3) is 3.30. The highest BCUT2D eigenvalue weighted by Gasteiger charge is 2.30. The molecule has 3 rings (SSSR count). The van der Waals surface area contributed by atoms with Gasteiger partial charge in [0, 0.05) is 10.9 Å². The van der Waals surface area contributed by atoms with Crippen LogP contribution in [0.15, 0.2) is 53.0 Å². The molecule has 0 saturated heterocycles. The molecule has 1 aliphatic heterocycles. The number of hydrogen-bond acceptors (Lipinski definition) is 2. The lowest BCUT2D eigenvalue weighted by Gasteiger charge is -2.25. The molecule has 1 N–H and O–H groups in total. The van der Waals surface area contributed by atoms with Crippen molar-refractivity contribution in [2.75, 3.05) is 6.54 Å². The van der Waals surface area contributed by atoms with Crippen LogP contribution < -0.4 is 10.1 Å². The van der Waals surface area contributed by atoms with E-state index in [2.05, 4.69) is 70.6 Å². The minimum absolute atomic E-state index is 0.162. The molecule has 0 aromatic heterocycles. The van der Waals surface area contributed by atoms with Gasteiger partial charge in [0.05, 0.1) is 6.04 Å². The van der Waals surface area contributed by atoms with Crippen molar-refractivity contribution in [1.29, 1.82) is 0 Å². The molecular weight excluding hydrogens is 326 g/mol. The van der Waals surface area contributed by atoms with E-state index >= 15 is 0 Å². The van der Waals surface area contributed by atoms with Crippen LogP contribution in [0.2, 0.25) is 0 Å². The molecule has 2 atom stereocenters. The van der Waals surface area contributed by atoms with Gasteiger partial charge in [-0.15, -0.1) is 0 Å². The normalized spacial score (nSPS) is 18.1. The lowest BCUT2D eigenvalue weighted by molar-refractivity contribution is 0.178. The van der Waals surface area contributed by atoms with Crippen molar-refractivity contribution in [3.63, 3.8) is 0 Å². The van der Waals surface area contributed by atoms with E-state index in [4.69, 9.17) is 4.74 Å². The van der Waals surface area contributed by atoms with Gasteiger partial charge >= 0.3 is 0 Å². The highest BCUT2D eigenvalue weighted by Crippen LogP contribution is 2.34. The van der Waals surface area contributed by atoms with Crippen LogP contribution >= 0.6 is 15.9 Å². The minimum atomic E-state index is 0.162. The van der Waals surface area contributed by atoms with Crippen molar-refractivity contribution in [3.8, 4) is 5.75 Å². The fourth-order valence-corrected chi connectivity index (χ4v) is 3.09. The molecule has 2 unspecified atom stereocenters. The van der Waals surface area contributed by atoms with E-state index in [-0.39, 0.29) is 12.1 Å². The second kappa shape index (κ2) is 6.63. The van der Waals surface area contributed by atoms with Gasteiger partial charge in [-0.05, 0) is 42.3 Å². The van der Waals surface area contributed by atoms with Gasteiger partial charge in [-0.2, -0.15) is 0 Å². The van der Waals surface area contributed by atoms with Crippen LogP contribution in [0.5, 0.6) is 5.75 Å². The standard InChI is InChI=1S/C18H20BrNO/c1-2-11-20-18(13-7-9-15(19)10-8-13)17-12-14-5-3-4-6-16(14)21-17/h3-10,17-18,20H,2,11-12H2,1H3. The van der Waals surface area contributed by atoms with E-state index in [1.165, 1.54) is 11.1 Å². The Hall–Kier alpha value is -1.32. The number of rotatable bonds is 5. The van der Waals surface area contributed by atoms with Gasteiger partial charge in [-0.1, -0.05) is 53.2 Å². The fourth-order valence-electron chi connectivity index (χ4n) is 2.83. The van der Waals surface area contributed by atoms with Crippen LogP contribution in [0.3, 0.4) is 0 Å². The molecule has 2 nitrogen and oxygen atoms in total. The Labute approximate surface area is 134 Å². The molecule has 2 aromatic carbocycles. The monoisotopic (exact) mass is 345 g/mol. The topological polar surface area (TPSA) is 21.3 Å². The Bertz CT molecular complexity index is 571. The Kier molecular flexibility index (Phi) is 4.61. The minimum Gasteiger partial charge on any atom is -0.488 e. The number of nitrogens with one attached hydrogen (secondary N) is 1. The lowest BCUT2D eigenvalue weighted by atomic mass is 9.97. The Morgan fingerprint density at radius 2 is 1.95 bits per heavy atom. The summed E-state index contributed by atoms with van der Waals surface area (Å²) in [7, 11) is 0. The third-order valence-electron chi connectivity index (χ3n) is 3.89. The second-order valence-electron chi connectivity index (χ2n) is 5.45. The van der Waals surface area contributed by atoms with Crippen LogP contribution in [0, 0.1) is 0 Å². The summed E-state index contributed by atoms with van der Waals surface area (Å²) in [6.45, 7) is 3.19. The fraction of sp³-hybridized carbons (Fsp3) is 0.333. The van der Waals surface area contributed by atoms with Gasteiger partial charge < -0.3 is 10.1 Å². The molecule has 0 radical (unpaired) electrons. The molecule has 0 aliphatic carbocycles. The van der Waals surface area contributed by atoms with Crippen molar-refractivity contribution in [2.24, 2.45) is 0 Å².